The van der Waals surface area contributed by atoms with Gasteiger partial charge in [-0.3, -0.25) is 0 Å². The van der Waals surface area contributed by atoms with Crippen LogP contribution in [0.5, 0.6) is 0 Å². The Hall–Kier alpha value is -2.66. The summed E-state index contributed by atoms with van der Waals surface area (Å²) >= 11 is 6.19. The number of benzene rings is 2. The summed E-state index contributed by atoms with van der Waals surface area (Å²) < 4.78 is 0. The second kappa shape index (κ2) is 7.94. The molecular formula is C19H20ClN5. The highest BCUT2D eigenvalue weighted by molar-refractivity contribution is 6.31. The Bertz CT molecular complexity index is 852. The van der Waals surface area contributed by atoms with Crippen LogP contribution in [0.4, 0.5) is 17.5 Å². The van der Waals surface area contributed by atoms with Gasteiger partial charge < -0.3 is 10.2 Å². The quantitative estimate of drug-likeness (QED) is 0.701. The molecule has 0 amide bonds. The van der Waals surface area contributed by atoms with Crippen molar-refractivity contribution in [1.82, 2.24) is 15.2 Å². The van der Waals surface area contributed by atoms with E-state index >= 15 is 0 Å². The highest BCUT2D eigenvalue weighted by Crippen LogP contribution is 2.23. The Morgan fingerprint density at radius 3 is 2.72 bits per heavy atom. The van der Waals surface area contributed by atoms with Crippen molar-refractivity contribution in [3.8, 4) is 0 Å². The topological polar surface area (TPSA) is 53.9 Å². The number of hydrogen-bond donors (Lipinski definition) is 1. The largest absolute Gasteiger partial charge is 0.364 e. The second-order valence-electron chi connectivity index (χ2n) is 5.67. The Balaban J connectivity index is 1.79. The van der Waals surface area contributed by atoms with Crippen molar-refractivity contribution in [1.29, 1.82) is 0 Å². The molecule has 2 aromatic carbocycles. The molecule has 3 rings (SSSR count). The van der Waals surface area contributed by atoms with Crippen LogP contribution in [-0.2, 0) is 6.54 Å². The molecule has 0 aliphatic carbocycles. The minimum atomic E-state index is 0.567. The standard InChI is InChI=1S/C19H20ClN5/c1-3-25(16-9-6-7-14(2)11-16)19-23-18(13-22-24-19)21-12-15-8-4-5-10-17(15)20/h4-11,13H,3,12H2,1-2H3,(H,21,23,24). The summed E-state index contributed by atoms with van der Waals surface area (Å²) in [6.07, 6.45) is 1.62. The first kappa shape index (κ1) is 17.2. The van der Waals surface area contributed by atoms with Crippen LogP contribution in [0.15, 0.2) is 54.7 Å². The smallest absolute Gasteiger partial charge is 0.251 e. The zero-order valence-corrected chi connectivity index (χ0v) is 15.0. The monoisotopic (exact) mass is 353 g/mol. The molecule has 0 fully saturated rings. The van der Waals surface area contributed by atoms with Crippen LogP contribution in [0.3, 0.4) is 0 Å². The molecule has 0 spiro atoms. The van der Waals surface area contributed by atoms with Crippen molar-refractivity contribution in [2.45, 2.75) is 20.4 Å². The average molecular weight is 354 g/mol. The van der Waals surface area contributed by atoms with Gasteiger partial charge in [0.25, 0.3) is 5.95 Å². The fourth-order valence-electron chi connectivity index (χ4n) is 2.56. The molecule has 0 aliphatic heterocycles. The Morgan fingerprint density at radius 2 is 1.96 bits per heavy atom. The van der Waals surface area contributed by atoms with Crippen LogP contribution >= 0.6 is 11.6 Å². The molecule has 0 radical (unpaired) electrons. The molecule has 0 bridgehead atoms. The van der Waals surface area contributed by atoms with E-state index in [0.717, 1.165) is 22.8 Å². The summed E-state index contributed by atoms with van der Waals surface area (Å²) in [4.78, 5) is 6.62. The number of nitrogens with one attached hydrogen (secondary N) is 1. The number of rotatable bonds is 6. The SMILES string of the molecule is CCN(c1cccc(C)c1)c1nncc(NCc2ccccc2Cl)n1. The van der Waals surface area contributed by atoms with Crippen LogP contribution < -0.4 is 10.2 Å². The van der Waals surface area contributed by atoms with E-state index in [2.05, 4.69) is 46.5 Å². The predicted octanol–water partition coefficient (Wildman–Crippen LogP) is 4.60. The molecule has 128 valence electrons. The van der Waals surface area contributed by atoms with Crippen LogP contribution in [-0.4, -0.2) is 21.7 Å². The summed E-state index contributed by atoms with van der Waals surface area (Å²) in [6.45, 7) is 5.46. The minimum absolute atomic E-state index is 0.567. The molecule has 0 saturated carbocycles. The first-order chi connectivity index (χ1) is 12.2. The molecule has 0 unspecified atom stereocenters. The number of hydrogen-bond acceptors (Lipinski definition) is 5. The lowest BCUT2D eigenvalue weighted by Gasteiger charge is -2.21. The molecule has 1 N–H and O–H groups in total. The van der Waals surface area contributed by atoms with E-state index in [1.54, 1.807) is 6.20 Å². The van der Waals surface area contributed by atoms with Crippen molar-refractivity contribution in [3.05, 3.63) is 70.9 Å². The number of halogens is 1. The number of aryl methyl sites for hydroxylation is 1. The van der Waals surface area contributed by atoms with E-state index in [4.69, 9.17) is 11.6 Å². The van der Waals surface area contributed by atoms with Crippen molar-refractivity contribution < 1.29 is 0 Å². The van der Waals surface area contributed by atoms with Gasteiger partial charge in [-0.1, -0.05) is 41.9 Å². The highest BCUT2D eigenvalue weighted by Gasteiger charge is 2.12. The lowest BCUT2D eigenvalue weighted by molar-refractivity contribution is 0.880. The maximum atomic E-state index is 6.19. The fraction of sp³-hybridized carbons (Fsp3) is 0.211. The minimum Gasteiger partial charge on any atom is -0.364 e. The number of anilines is 3. The first-order valence-electron chi connectivity index (χ1n) is 8.18. The molecule has 6 heteroatoms. The Kier molecular flexibility index (Phi) is 5.46. The fourth-order valence-corrected chi connectivity index (χ4v) is 2.76. The van der Waals surface area contributed by atoms with Gasteiger partial charge in [-0.25, -0.2) is 0 Å². The van der Waals surface area contributed by atoms with Crippen LogP contribution in [0.25, 0.3) is 0 Å². The van der Waals surface area contributed by atoms with Gasteiger partial charge in [0.2, 0.25) is 0 Å². The van der Waals surface area contributed by atoms with Crippen molar-refractivity contribution in [2.75, 3.05) is 16.8 Å². The van der Waals surface area contributed by atoms with Crippen molar-refractivity contribution in [3.63, 3.8) is 0 Å². The molecule has 5 nitrogen and oxygen atoms in total. The van der Waals surface area contributed by atoms with Gasteiger partial charge in [0.1, 0.15) is 0 Å². The maximum Gasteiger partial charge on any atom is 0.251 e. The lowest BCUT2D eigenvalue weighted by atomic mass is 10.2. The van der Waals surface area contributed by atoms with E-state index in [9.17, 15) is 0 Å². The van der Waals surface area contributed by atoms with Crippen LogP contribution in [0.1, 0.15) is 18.1 Å². The Labute approximate surface area is 152 Å². The zero-order chi connectivity index (χ0) is 17.6. The lowest BCUT2D eigenvalue weighted by Crippen LogP contribution is -2.20. The molecule has 0 atom stereocenters. The van der Waals surface area contributed by atoms with Gasteiger partial charge in [-0.2, -0.15) is 10.1 Å². The van der Waals surface area contributed by atoms with E-state index in [1.165, 1.54) is 5.56 Å². The zero-order valence-electron chi connectivity index (χ0n) is 14.3. The van der Waals surface area contributed by atoms with E-state index in [0.29, 0.717) is 18.3 Å². The molecule has 1 aromatic heterocycles. The maximum absolute atomic E-state index is 6.19. The third kappa shape index (κ3) is 4.25. The number of aromatic nitrogens is 3. The third-order valence-corrected chi connectivity index (χ3v) is 4.21. The summed E-state index contributed by atoms with van der Waals surface area (Å²) in [5, 5.41) is 12.3. The molecular weight excluding hydrogens is 334 g/mol. The van der Waals surface area contributed by atoms with Gasteiger partial charge in [-0.05, 0) is 43.2 Å². The van der Waals surface area contributed by atoms with Crippen molar-refractivity contribution in [2.24, 2.45) is 0 Å². The second-order valence-corrected chi connectivity index (χ2v) is 6.08. The summed E-state index contributed by atoms with van der Waals surface area (Å²) in [6, 6.07) is 16.0. The normalized spacial score (nSPS) is 10.5. The molecule has 25 heavy (non-hydrogen) atoms. The third-order valence-electron chi connectivity index (χ3n) is 3.84. The molecule has 1 heterocycles. The molecule has 0 aliphatic rings. The molecule has 3 aromatic rings. The van der Waals surface area contributed by atoms with E-state index in [1.807, 2.05) is 41.3 Å². The van der Waals surface area contributed by atoms with Gasteiger partial charge in [0.15, 0.2) is 5.82 Å². The first-order valence-corrected chi connectivity index (χ1v) is 8.56. The summed E-state index contributed by atoms with van der Waals surface area (Å²) in [5.74, 6) is 1.23. The van der Waals surface area contributed by atoms with Gasteiger partial charge in [0.05, 0.1) is 6.20 Å². The van der Waals surface area contributed by atoms with Crippen molar-refractivity contribution >= 4 is 29.1 Å². The summed E-state index contributed by atoms with van der Waals surface area (Å²) in [7, 11) is 0. The van der Waals surface area contributed by atoms with Gasteiger partial charge >= 0.3 is 0 Å². The number of nitrogens with zero attached hydrogens (tertiary/aromatic N) is 4. The average Bonchev–Trinajstić information content (AvgIpc) is 2.62. The van der Waals surface area contributed by atoms with E-state index in [-0.39, 0.29) is 0 Å². The summed E-state index contributed by atoms with van der Waals surface area (Å²) in [5.41, 5.74) is 3.25. The van der Waals surface area contributed by atoms with Gasteiger partial charge in [0, 0.05) is 23.8 Å². The van der Waals surface area contributed by atoms with Crippen LogP contribution in [0.2, 0.25) is 5.02 Å². The van der Waals surface area contributed by atoms with Crippen LogP contribution in [0, 0.1) is 6.92 Å². The highest BCUT2D eigenvalue weighted by atomic mass is 35.5. The van der Waals surface area contributed by atoms with Gasteiger partial charge in [-0.15, -0.1) is 5.10 Å². The Morgan fingerprint density at radius 1 is 1.12 bits per heavy atom. The predicted molar refractivity (Wildman–Crippen MR) is 102 cm³/mol. The van der Waals surface area contributed by atoms with E-state index < -0.39 is 0 Å². The molecule has 0 saturated heterocycles.